The molecule has 108 valence electrons. The third-order valence-corrected chi connectivity index (χ3v) is 4.08. The van der Waals surface area contributed by atoms with Crippen molar-refractivity contribution in [1.82, 2.24) is 0 Å². The quantitative estimate of drug-likeness (QED) is 0.764. The fourth-order valence-corrected chi connectivity index (χ4v) is 3.00. The molecule has 0 bridgehead atoms. The van der Waals surface area contributed by atoms with Gasteiger partial charge in [-0.25, -0.2) is 4.39 Å². The summed E-state index contributed by atoms with van der Waals surface area (Å²) in [5.41, 5.74) is 2.44. The summed E-state index contributed by atoms with van der Waals surface area (Å²) in [5.74, 6) is 0.683. The van der Waals surface area contributed by atoms with Crippen LogP contribution in [0, 0.1) is 17.1 Å². The van der Waals surface area contributed by atoms with E-state index in [1.807, 2.05) is 36.2 Å². The highest BCUT2D eigenvalue weighted by Crippen LogP contribution is 2.30. The van der Waals surface area contributed by atoms with Crippen molar-refractivity contribution in [3.8, 4) is 6.07 Å². The largest absolute Gasteiger partial charge is 0.369 e. The monoisotopic (exact) mass is 300 g/mol. The molecule has 2 aromatic carbocycles. The Bertz CT molecular complexity index is 664. The molecule has 0 saturated heterocycles. The summed E-state index contributed by atoms with van der Waals surface area (Å²) in [6.07, 6.45) is 0. The van der Waals surface area contributed by atoms with Crippen molar-refractivity contribution in [3.05, 3.63) is 59.4 Å². The van der Waals surface area contributed by atoms with Crippen molar-refractivity contribution in [3.63, 3.8) is 0 Å². The molecule has 0 radical (unpaired) electrons. The molecule has 0 aliphatic rings. The zero-order valence-electron chi connectivity index (χ0n) is 12.1. The minimum atomic E-state index is -0.239. The van der Waals surface area contributed by atoms with Crippen LogP contribution in [0.2, 0.25) is 0 Å². The third-order valence-electron chi connectivity index (χ3n) is 3.14. The van der Waals surface area contributed by atoms with E-state index >= 15 is 0 Å². The molecule has 0 heterocycles. The maximum atomic E-state index is 13.3. The Labute approximate surface area is 129 Å². The number of thioether (sulfide) groups is 1. The van der Waals surface area contributed by atoms with Crippen molar-refractivity contribution in [2.45, 2.75) is 18.4 Å². The summed E-state index contributed by atoms with van der Waals surface area (Å²) in [6, 6.07) is 14.7. The predicted molar refractivity (Wildman–Crippen MR) is 86.1 cm³/mol. The SMILES string of the molecule is CCSc1cccc(N(C)Cc2cccc(F)c2)c1C#N. The lowest BCUT2D eigenvalue weighted by Gasteiger charge is -2.21. The van der Waals surface area contributed by atoms with E-state index in [2.05, 4.69) is 13.0 Å². The number of anilines is 1. The molecule has 0 aliphatic carbocycles. The molecule has 2 rings (SSSR count). The molecule has 0 unspecified atom stereocenters. The van der Waals surface area contributed by atoms with E-state index in [1.54, 1.807) is 17.8 Å². The van der Waals surface area contributed by atoms with Gasteiger partial charge in [0.1, 0.15) is 11.9 Å². The van der Waals surface area contributed by atoms with Gasteiger partial charge in [-0.05, 0) is 35.6 Å². The van der Waals surface area contributed by atoms with Gasteiger partial charge in [-0.3, -0.25) is 0 Å². The average Bonchev–Trinajstić information content (AvgIpc) is 2.47. The fourth-order valence-electron chi connectivity index (χ4n) is 2.22. The first-order valence-corrected chi connectivity index (χ1v) is 7.75. The summed E-state index contributed by atoms with van der Waals surface area (Å²) in [5, 5.41) is 9.43. The molecule has 21 heavy (non-hydrogen) atoms. The van der Waals surface area contributed by atoms with Crippen LogP contribution in [0.1, 0.15) is 18.1 Å². The van der Waals surface area contributed by atoms with Crippen LogP contribution in [0.4, 0.5) is 10.1 Å². The predicted octanol–water partition coefficient (Wildman–Crippen LogP) is 4.45. The van der Waals surface area contributed by atoms with Crippen molar-refractivity contribution >= 4 is 17.4 Å². The van der Waals surface area contributed by atoms with E-state index in [4.69, 9.17) is 0 Å². The van der Waals surface area contributed by atoms with Crippen LogP contribution in [0.5, 0.6) is 0 Å². The number of hydrogen-bond acceptors (Lipinski definition) is 3. The first-order valence-electron chi connectivity index (χ1n) is 6.77. The molecule has 2 aromatic rings. The number of benzene rings is 2. The number of halogens is 1. The average molecular weight is 300 g/mol. The van der Waals surface area contributed by atoms with Gasteiger partial charge < -0.3 is 4.90 Å². The summed E-state index contributed by atoms with van der Waals surface area (Å²) < 4.78 is 13.3. The van der Waals surface area contributed by atoms with E-state index in [0.29, 0.717) is 12.1 Å². The van der Waals surface area contributed by atoms with Crippen molar-refractivity contribution in [2.75, 3.05) is 17.7 Å². The Kier molecular flexibility index (Phi) is 5.24. The first kappa shape index (κ1) is 15.4. The lowest BCUT2D eigenvalue weighted by atomic mass is 10.1. The standard InChI is InChI=1S/C17H17FN2S/c1-3-21-17-9-5-8-16(15(17)11-19)20(2)12-13-6-4-7-14(18)10-13/h4-10H,3,12H2,1-2H3. The summed E-state index contributed by atoms with van der Waals surface area (Å²) in [4.78, 5) is 2.97. The third kappa shape index (κ3) is 3.77. The molecule has 0 aromatic heterocycles. The van der Waals surface area contributed by atoms with Gasteiger partial charge in [0, 0.05) is 18.5 Å². The second kappa shape index (κ2) is 7.14. The van der Waals surface area contributed by atoms with E-state index < -0.39 is 0 Å². The topological polar surface area (TPSA) is 27.0 Å². The van der Waals surface area contributed by atoms with Crippen LogP contribution in [-0.2, 0) is 6.54 Å². The lowest BCUT2D eigenvalue weighted by molar-refractivity contribution is 0.625. The summed E-state index contributed by atoms with van der Waals surface area (Å²) in [7, 11) is 1.92. The molecule has 4 heteroatoms. The zero-order chi connectivity index (χ0) is 15.2. The van der Waals surface area contributed by atoms with Crippen molar-refractivity contribution in [2.24, 2.45) is 0 Å². The Hall–Kier alpha value is -1.99. The van der Waals surface area contributed by atoms with Crippen LogP contribution in [-0.4, -0.2) is 12.8 Å². The minimum Gasteiger partial charge on any atom is -0.369 e. The van der Waals surface area contributed by atoms with Gasteiger partial charge >= 0.3 is 0 Å². The maximum Gasteiger partial charge on any atom is 0.123 e. The maximum absolute atomic E-state index is 13.3. The van der Waals surface area contributed by atoms with Crippen LogP contribution in [0.3, 0.4) is 0 Å². The van der Waals surface area contributed by atoms with Gasteiger partial charge in [0.15, 0.2) is 0 Å². The molecule has 0 saturated carbocycles. The van der Waals surface area contributed by atoms with E-state index in [1.165, 1.54) is 12.1 Å². The van der Waals surface area contributed by atoms with Gasteiger partial charge in [-0.2, -0.15) is 5.26 Å². The fraction of sp³-hybridized carbons (Fsp3) is 0.235. The Morgan fingerprint density at radius 2 is 2.00 bits per heavy atom. The number of hydrogen-bond donors (Lipinski definition) is 0. The first-order chi connectivity index (χ1) is 10.2. The van der Waals surface area contributed by atoms with Crippen molar-refractivity contribution in [1.29, 1.82) is 5.26 Å². The zero-order valence-corrected chi connectivity index (χ0v) is 13.0. The molecule has 0 aliphatic heterocycles. The molecule has 2 nitrogen and oxygen atoms in total. The van der Waals surface area contributed by atoms with Crippen molar-refractivity contribution < 1.29 is 4.39 Å². The van der Waals surface area contributed by atoms with Gasteiger partial charge in [0.2, 0.25) is 0 Å². The molecule has 0 fully saturated rings. The van der Waals surface area contributed by atoms with Gasteiger partial charge in [0.25, 0.3) is 0 Å². The van der Waals surface area contributed by atoms with E-state index in [0.717, 1.165) is 21.9 Å². The molecule has 0 atom stereocenters. The van der Waals surface area contributed by atoms with Crippen LogP contribution < -0.4 is 4.90 Å². The molecule has 0 spiro atoms. The number of nitrogens with zero attached hydrogens (tertiary/aromatic N) is 2. The molecular weight excluding hydrogens is 283 g/mol. The minimum absolute atomic E-state index is 0.239. The van der Waals surface area contributed by atoms with Gasteiger partial charge in [-0.1, -0.05) is 25.1 Å². The number of nitriles is 1. The Morgan fingerprint density at radius 1 is 1.24 bits per heavy atom. The summed E-state index contributed by atoms with van der Waals surface area (Å²) >= 11 is 1.66. The van der Waals surface area contributed by atoms with Crippen LogP contribution in [0.15, 0.2) is 47.4 Å². The number of rotatable bonds is 5. The molecule has 0 N–H and O–H groups in total. The smallest absolute Gasteiger partial charge is 0.123 e. The summed E-state index contributed by atoms with van der Waals surface area (Å²) in [6.45, 7) is 2.63. The lowest BCUT2D eigenvalue weighted by Crippen LogP contribution is -2.17. The molecular formula is C17H17FN2S. The Morgan fingerprint density at radius 3 is 2.67 bits per heavy atom. The normalized spacial score (nSPS) is 10.2. The highest BCUT2D eigenvalue weighted by atomic mass is 32.2. The van der Waals surface area contributed by atoms with Crippen LogP contribution in [0.25, 0.3) is 0 Å². The highest BCUT2D eigenvalue weighted by molar-refractivity contribution is 7.99. The second-order valence-electron chi connectivity index (χ2n) is 4.68. The second-order valence-corrected chi connectivity index (χ2v) is 5.99. The van der Waals surface area contributed by atoms with Crippen LogP contribution >= 0.6 is 11.8 Å². The van der Waals surface area contributed by atoms with E-state index in [9.17, 15) is 9.65 Å². The highest BCUT2D eigenvalue weighted by Gasteiger charge is 2.12. The van der Waals surface area contributed by atoms with Gasteiger partial charge in [-0.15, -0.1) is 11.8 Å². The van der Waals surface area contributed by atoms with E-state index in [-0.39, 0.29) is 5.82 Å². The van der Waals surface area contributed by atoms with Gasteiger partial charge in [0.05, 0.1) is 11.3 Å². The molecule has 0 amide bonds. The Balaban J connectivity index is 2.29.